The van der Waals surface area contributed by atoms with Crippen LogP contribution in [0.15, 0.2) is 97.3 Å². The number of benzene rings is 3. The number of nitrogens with one attached hydrogen (secondary N) is 1. The lowest BCUT2D eigenvalue weighted by Crippen LogP contribution is -2.35. The predicted octanol–water partition coefficient (Wildman–Crippen LogP) is 9.64. The molecule has 0 saturated carbocycles. The van der Waals surface area contributed by atoms with E-state index in [0.29, 0.717) is 12.5 Å². The Morgan fingerprint density at radius 2 is 1.41 bits per heavy atom. The molecular formula is C38H47N5O. The molecule has 0 aliphatic carbocycles. The summed E-state index contributed by atoms with van der Waals surface area (Å²) < 4.78 is 0. The van der Waals surface area contributed by atoms with Crippen molar-refractivity contribution in [3.8, 4) is 0 Å². The number of anilines is 2. The van der Waals surface area contributed by atoms with Crippen molar-refractivity contribution in [2.45, 2.75) is 72.3 Å². The highest BCUT2D eigenvalue weighted by Gasteiger charge is 2.15. The number of fused-ring (bicyclic) bond motifs is 2. The maximum atomic E-state index is 13.3. The summed E-state index contributed by atoms with van der Waals surface area (Å²) in [5.74, 6) is 0.709. The minimum atomic E-state index is -0.0503. The van der Waals surface area contributed by atoms with Gasteiger partial charge in [-0.2, -0.15) is 0 Å². The van der Waals surface area contributed by atoms with Gasteiger partial charge in [0.15, 0.2) is 0 Å². The molecule has 0 saturated heterocycles. The molecule has 0 atom stereocenters. The van der Waals surface area contributed by atoms with Crippen molar-refractivity contribution in [3.63, 3.8) is 0 Å². The van der Waals surface area contributed by atoms with Crippen LogP contribution in [0.3, 0.4) is 0 Å². The van der Waals surface area contributed by atoms with Gasteiger partial charge in [0.2, 0.25) is 0 Å². The molecule has 230 valence electrons. The minimum Gasteiger partial charge on any atom is -0.398 e. The highest BCUT2D eigenvalue weighted by molar-refractivity contribution is 6.00. The first-order valence-corrected chi connectivity index (χ1v) is 16.0. The van der Waals surface area contributed by atoms with E-state index < -0.39 is 0 Å². The Morgan fingerprint density at radius 1 is 0.773 bits per heavy atom. The van der Waals surface area contributed by atoms with E-state index in [2.05, 4.69) is 60.3 Å². The van der Waals surface area contributed by atoms with Crippen molar-refractivity contribution in [1.29, 1.82) is 0 Å². The molecular weight excluding hydrogens is 542 g/mol. The van der Waals surface area contributed by atoms with Gasteiger partial charge in [0, 0.05) is 41.9 Å². The van der Waals surface area contributed by atoms with Gasteiger partial charge in [0.05, 0.1) is 16.7 Å². The summed E-state index contributed by atoms with van der Waals surface area (Å²) in [7, 11) is 0. The molecule has 3 N–H and O–H groups in total. The number of urea groups is 1. The number of amides is 2. The van der Waals surface area contributed by atoms with Gasteiger partial charge < -0.3 is 16.0 Å². The highest BCUT2D eigenvalue weighted by atomic mass is 16.2. The number of carbonyl (C=O) groups excluding carboxylic acids is 1. The molecule has 2 amide bonds. The van der Waals surface area contributed by atoms with Crippen LogP contribution in [0.2, 0.25) is 0 Å². The second-order valence-corrected chi connectivity index (χ2v) is 11.8. The Labute approximate surface area is 262 Å². The quantitative estimate of drug-likeness (QED) is 0.112. The van der Waals surface area contributed by atoms with Gasteiger partial charge in [-0.05, 0) is 84.8 Å². The van der Waals surface area contributed by atoms with Gasteiger partial charge in [-0.15, -0.1) is 0 Å². The molecule has 6 heteroatoms. The third-order valence-electron chi connectivity index (χ3n) is 7.79. The number of nitrogen functional groups attached to an aromatic ring is 1. The zero-order valence-electron chi connectivity index (χ0n) is 26.5. The Hall–Kier alpha value is -4.45. The molecule has 6 nitrogen and oxygen atoms in total. The van der Waals surface area contributed by atoms with Gasteiger partial charge in [0.25, 0.3) is 0 Å². The molecule has 5 rings (SSSR count). The van der Waals surface area contributed by atoms with Crippen LogP contribution in [0.5, 0.6) is 0 Å². The van der Waals surface area contributed by atoms with Crippen molar-refractivity contribution >= 4 is 39.2 Å². The Morgan fingerprint density at radius 3 is 2.09 bits per heavy atom. The van der Waals surface area contributed by atoms with Crippen molar-refractivity contribution in [3.05, 3.63) is 108 Å². The van der Waals surface area contributed by atoms with Crippen molar-refractivity contribution < 1.29 is 4.79 Å². The number of hydrogen-bond acceptors (Lipinski definition) is 4. The normalized spacial score (nSPS) is 10.9. The van der Waals surface area contributed by atoms with E-state index in [1.54, 1.807) is 12.4 Å². The third kappa shape index (κ3) is 9.80. The minimum absolute atomic E-state index is 0.0503. The van der Waals surface area contributed by atoms with Crippen LogP contribution in [0.25, 0.3) is 21.8 Å². The van der Waals surface area contributed by atoms with Crippen LogP contribution in [0.1, 0.15) is 70.4 Å². The molecule has 0 spiro atoms. The summed E-state index contributed by atoms with van der Waals surface area (Å²) in [5, 5.41) is 5.14. The molecule has 2 aromatic heterocycles. The maximum absolute atomic E-state index is 13.3. The van der Waals surface area contributed by atoms with E-state index >= 15 is 0 Å². The Balaban J connectivity index is 0.000000333. The summed E-state index contributed by atoms with van der Waals surface area (Å²) >= 11 is 0. The number of aromatic nitrogens is 2. The summed E-state index contributed by atoms with van der Waals surface area (Å²) in [6.45, 7) is 8.12. The zero-order valence-corrected chi connectivity index (χ0v) is 26.5. The standard InChI is InChI=1S/C29H39N3O.C9H8N2/c1-4-5-6-7-8-21-32(22-25-18-16-24(17-19-25)15-14-23(2)3)29(33)31-28-13-9-12-27-26(28)11-10-20-30-27;10-8-4-1-5-9-7(8)3-2-6-11-9/h9-13,16-20,23H,4-8,14-15,21-22H2,1-3H3,(H,31,33);1-6H,10H2. The van der Waals surface area contributed by atoms with E-state index in [4.69, 9.17) is 5.73 Å². The molecule has 2 heterocycles. The Kier molecular flexibility index (Phi) is 12.5. The number of pyridine rings is 2. The molecule has 0 bridgehead atoms. The first-order chi connectivity index (χ1) is 21.4. The molecule has 44 heavy (non-hydrogen) atoms. The largest absolute Gasteiger partial charge is 0.398 e. The summed E-state index contributed by atoms with van der Waals surface area (Å²) in [4.78, 5) is 23.8. The molecule has 0 radical (unpaired) electrons. The zero-order chi connectivity index (χ0) is 31.1. The first kappa shape index (κ1) is 32.5. The topological polar surface area (TPSA) is 84.1 Å². The highest BCUT2D eigenvalue weighted by Crippen LogP contribution is 2.22. The lowest BCUT2D eigenvalue weighted by Gasteiger charge is -2.24. The van der Waals surface area contributed by atoms with Crippen LogP contribution in [-0.2, 0) is 13.0 Å². The van der Waals surface area contributed by atoms with Crippen molar-refractivity contribution in [2.75, 3.05) is 17.6 Å². The van der Waals surface area contributed by atoms with E-state index in [1.165, 1.54) is 36.8 Å². The molecule has 3 aromatic carbocycles. The average molecular weight is 590 g/mol. The van der Waals surface area contributed by atoms with Crippen LogP contribution in [-0.4, -0.2) is 27.4 Å². The fraction of sp³-hybridized carbons (Fsp3) is 0.342. The second kappa shape index (κ2) is 17.0. The number of carbonyl (C=O) groups is 1. The number of nitrogens with zero attached hydrogens (tertiary/aromatic N) is 3. The van der Waals surface area contributed by atoms with Gasteiger partial charge in [-0.25, -0.2) is 4.79 Å². The lowest BCUT2D eigenvalue weighted by atomic mass is 10.0. The smallest absolute Gasteiger partial charge is 0.322 e. The molecule has 5 aromatic rings. The Bertz CT molecular complexity index is 1590. The predicted molar refractivity (Wildman–Crippen MR) is 186 cm³/mol. The monoisotopic (exact) mass is 589 g/mol. The molecule has 0 unspecified atom stereocenters. The van der Waals surface area contributed by atoms with Crippen molar-refractivity contribution in [1.82, 2.24) is 14.9 Å². The second-order valence-electron chi connectivity index (χ2n) is 11.8. The van der Waals surface area contributed by atoms with E-state index in [-0.39, 0.29) is 6.03 Å². The van der Waals surface area contributed by atoms with Gasteiger partial charge in [0.1, 0.15) is 0 Å². The van der Waals surface area contributed by atoms with Crippen LogP contribution < -0.4 is 11.1 Å². The number of hydrogen-bond donors (Lipinski definition) is 2. The van der Waals surface area contributed by atoms with Gasteiger partial charge in [-0.3, -0.25) is 9.97 Å². The summed E-state index contributed by atoms with van der Waals surface area (Å²) in [6.07, 6.45) is 11.7. The van der Waals surface area contributed by atoms with E-state index in [9.17, 15) is 4.79 Å². The fourth-order valence-corrected chi connectivity index (χ4v) is 5.18. The van der Waals surface area contributed by atoms with Gasteiger partial charge in [-0.1, -0.05) is 82.9 Å². The molecule has 0 aliphatic heterocycles. The third-order valence-corrected chi connectivity index (χ3v) is 7.79. The van der Waals surface area contributed by atoms with Crippen LogP contribution in [0.4, 0.5) is 16.2 Å². The van der Waals surface area contributed by atoms with Crippen LogP contribution >= 0.6 is 0 Å². The molecule has 0 aliphatic rings. The number of aryl methyl sites for hydroxylation is 1. The summed E-state index contributed by atoms with van der Waals surface area (Å²) in [6, 6.07) is 28.1. The first-order valence-electron chi connectivity index (χ1n) is 16.0. The van der Waals surface area contributed by atoms with Crippen molar-refractivity contribution in [2.24, 2.45) is 5.92 Å². The summed E-state index contributed by atoms with van der Waals surface area (Å²) in [5.41, 5.74) is 11.7. The van der Waals surface area contributed by atoms with E-state index in [1.807, 2.05) is 65.6 Å². The fourth-order valence-electron chi connectivity index (χ4n) is 5.18. The van der Waals surface area contributed by atoms with Gasteiger partial charge >= 0.3 is 6.03 Å². The maximum Gasteiger partial charge on any atom is 0.322 e. The van der Waals surface area contributed by atoms with Crippen LogP contribution in [0, 0.1) is 5.92 Å². The molecule has 0 fully saturated rings. The average Bonchev–Trinajstić information content (AvgIpc) is 3.04. The SMILES string of the molecule is CCCCCCCN(Cc1ccc(CCC(C)C)cc1)C(=O)Nc1cccc2ncccc12.Nc1cccc2ncccc12. The van der Waals surface area contributed by atoms with E-state index in [0.717, 1.165) is 59.0 Å². The number of nitrogens with two attached hydrogens (primary N) is 1. The lowest BCUT2D eigenvalue weighted by molar-refractivity contribution is 0.207. The number of unbranched alkanes of at least 4 members (excludes halogenated alkanes) is 4. The number of rotatable bonds is 12.